The largest absolute Gasteiger partial charge is 0.417 e. The van der Waals surface area contributed by atoms with Gasteiger partial charge in [-0.15, -0.1) is 11.3 Å². The van der Waals surface area contributed by atoms with Gasteiger partial charge in [-0.25, -0.2) is 0 Å². The summed E-state index contributed by atoms with van der Waals surface area (Å²) in [5, 5.41) is 0. The van der Waals surface area contributed by atoms with Gasteiger partial charge < -0.3 is 0 Å². The normalized spacial score (nSPS) is 11.7. The van der Waals surface area contributed by atoms with E-state index in [-0.39, 0.29) is 22.2 Å². The van der Waals surface area contributed by atoms with E-state index in [1.807, 2.05) is 0 Å². The highest BCUT2D eigenvalue weighted by molar-refractivity contribution is 9.11. The molecule has 0 aliphatic heterocycles. The maximum Gasteiger partial charge on any atom is 0.417 e. The fraction of sp³-hybridized carbons (Fsp3) is 0.154. The highest BCUT2D eigenvalue weighted by atomic mass is 79.9. The lowest BCUT2D eigenvalue weighted by molar-refractivity contribution is -0.138. The van der Waals surface area contributed by atoms with E-state index in [0.717, 1.165) is 14.7 Å². The summed E-state index contributed by atoms with van der Waals surface area (Å²) in [7, 11) is 0. The third kappa shape index (κ3) is 3.71. The molecule has 0 aliphatic rings. The van der Waals surface area contributed by atoms with E-state index in [2.05, 4.69) is 31.9 Å². The van der Waals surface area contributed by atoms with E-state index in [1.165, 1.54) is 23.5 Å². The Labute approximate surface area is 134 Å². The first-order valence-electron chi connectivity index (χ1n) is 5.41. The summed E-state index contributed by atoms with van der Waals surface area (Å²) >= 11 is 7.52. The minimum atomic E-state index is -4.49. The van der Waals surface area contributed by atoms with Crippen LogP contribution in [-0.2, 0) is 12.6 Å². The van der Waals surface area contributed by atoms with Gasteiger partial charge in [-0.2, -0.15) is 13.2 Å². The number of carbonyl (C=O) groups is 1. The van der Waals surface area contributed by atoms with Crippen LogP contribution in [0.2, 0.25) is 0 Å². The number of hydrogen-bond donors (Lipinski definition) is 0. The molecule has 1 aromatic carbocycles. The quantitative estimate of drug-likeness (QED) is 0.572. The summed E-state index contributed by atoms with van der Waals surface area (Å²) < 4.78 is 39.1. The molecule has 7 heteroatoms. The smallest absolute Gasteiger partial charge is 0.294 e. The summed E-state index contributed by atoms with van der Waals surface area (Å²) in [5.41, 5.74) is -0.777. The average molecular weight is 428 g/mol. The predicted octanol–water partition coefficient (Wildman–Crippen LogP) is 5.72. The molecule has 0 radical (unpaired) electrons. The van der Waals surface area contributed by atoms with Crippen molar-refractivity contribution in [2.75, 3.05) is 0 Å². The standard InChI is InChI=1S/C13H7Br2F3OS/c14-10-3-1-7(5-9(10)13(16,17)18)11(19)6-8-2-4-12(15)20-8/h1-5H,6H2. The molecule has 0 amide bonds. The zero-order chi connectivity index (χ0) is 14.9. The van der Waals surface area contributed by atoms with E-state index in [9.17, 15) is 18.0 Å². The molecule has 0 saturated heterocycles. The lowest BCUT2D eigenvalue weighted by Gasteiger charge is -2.10. The van der Waals surface area contributed by atoms with Crippen LogP contribution < -0.4 is 0 Å². The van der Waals surface area contributed by atoms with Gasteiger partial charge in [0.05, 0.1) is 9.35 Å². The van der Waals surface area contributed by atoms with Crippen LogP contribution in [0.1, 0.15) is 20.8 Å². The molecule has 0 unspecified atom stereocenters. The molecule has 1 nitrogen and oxygen atoms in total. The Morgan fingerprint density at radius 1 is 1.15 bits per heavy atom. The van der Waals surface area contributed by atoms with Crippen molar-refractivity contribution in [1.82, 2.24) is 0 Å². The molecule has 1 heterocycles. The number of hydrogen-bond acceptors (Lipinski definition) is 2. The van der Waals surface area contributed by atoms with Crippen molar-refractivity contribution in [3.05, 3.63) is 54.6 Å². The third-order valence-corrected chi connectivity index (χ3v) is 4.87. The number of benzene rings is 1. The van der Waals surface area contributed by atoms with Crippen molar-refractivity contribution in [3.63, 3.8) is 0 Å². The molecule has 0 N–H and O–H groups in total. The van der Waals surface area contributed by atoms with Crippen molar-refractivity contribution in [2.24, 2.45) is 0 Å². The maximum atomic E-state index is 12.8. The van der Waals surface area contributed by atoms with Crippen molar-refractivity contribution in [2.45, 2.75) is 12.6 Å². The summed E-state index contributed by atoms with van der Waals surface area (Å²) in [5.74, 6) is -0.336. The Morgan fingerprint density at radius 2 is 1.85 bits per heavy atom. The number of carbonyl (C=O) groups excluding carboxylic acids is 1. The van der Waals surface area contributed by atoms with Crippen LogP contribution >= 0.6 is 43.2 Å². The van der Waals surface area contributed by atoms with Crippen molar-refractivity contribution in [1.29, 1.82) is 0 Å². The molecular formula is C13H7Br2F3OS. The Hall–Kier alpha value is -0.660. The van der Waals surface area contributed by atoms with Crippen LogP contribution in [0.4, 0.5) is 13.2 Å². The summed E-state index contributed by atoms with van der Waals surface area (Å²) in [4.78, 5) is 12.8. The number of thiophene rings is 1. The molecule has 0 aliphatic carbocycles. The van der Waals surface area contributed by atoms with Gasteiger partial charge in [-0.1, -0.05) is 22.0 Å². The Morgan fingerprint density at radius 3 is 2.40 bits per heavy atom. The lowest BCUT2D eigenvalue weighted by Crippen LogP contribution is -2.09. The zero-order valence-electron chi connectivity index (χ0n) is 9.80. The second-order valence-electron chi connectivity index (χ2n) is 4.00. The van der Waals surface area contributed by atoms with Gasteiger partial charge in [0.25, 0.3) is 0 Å². The minimum Gasteiger partial charge on any atom is -0.294 e. The number of rotatable bonds is 3. The molecule has 1 aromatic heterocycles. The SMILES string of the molecule is O=C(Cc1ccc(Br)s1)c1ccc(Br)c(C(F)(F)F)c1. The fourth-order valence-corrected chi connectivity index (χ4v) is 3.58. The van der Waals surface area contributed by atoms with Crippen molar-refractivity contribution >= 4 is 49.0 Å². The van der Waals surface area contributed by atoms with Gasteiger partial charge in [0.2, 0.25) is 0 Å². The van der Waals surface area contributed by atoms with Gasteiger partial charge >= 0.3 is 6.18 Å². The molecular weight excluding hydrogens is 421 g/mol. The molecule has 20 heavy (non-hydrogen) atoms. The van der Waals surface area contributed by atoms with Crippen molar-refractivity contribution in [3.8, 4) is 0 Å². The highest BCUT2D eigenvalue weighted by Gasteiger charge is 2.33. The fourth-order valence-electron chi connectivity index (χ4n) is 1.62. The second-order valence-corrected chi connectivity index (χ2v) is 7.40. The number of ketones is 1. The van der Waals surface area contributed by atoms with Crippen LogP contribution in [0.15, 0.2) is 38.6 Å². The Balaban J connectivity index is 2.27. The molecule has 0 fully saturated rings. The van der Waals surface area contributed by atoms with Gasteiger partial charge in [-0.05, 0) is 40.2 Å². The van der Waals surface area contributed by atoms with E-state index in [0.29, 0.717) is 0 Å². The maximum absolute atomic E-state index is 12.8. The van der Waals surface area contributed by atoms with E-state index < -0.39 is 11.7 Å². The molecule has 0 saturated carbocycles. The van der Waals surface area contributed by atoms with Crippen LogP contribution in [0, 0.1) is 0 Å². The Bertz CT molecular complexity index is 649. The first-order valence-corrected chi connectivity index (χ1v) is 7.82. The molecule has 0 atom stereocenters. The zero-order valence-corrected chi connectivity index (χ0v) is 13.8. The van der Waals surface area contributed by atoms with Crippen LogP contribution in [-0.4, -0.2) is 5.78 Å². The molecule has 2 aromatic rings. The Kier molecular flexibility index (Phi) is 4.71. The predicted molar refractivity (Wildman–Crippen MR) is 79.2 cm³/mol. The lowest BCUT2D eigenvalue weighted by atomic mass is 10.0. The van der Waals surface area contributed by atoms with Crippen LogP contribution in [0.3, 0.4) is 0 Å². The summed E-state index contributed by atoms with van der Waals surface area (Å²) in [6.07, 6.45) is -4.39. The topological polar surface area (TPSA) is 17.1 Å². The summed E-state index contributed by atoms with van der Waals surface area (Å²) in [6, 6.07) is 7.10. The first kappa shape index (κ1) is 15.7. The van der Waals surface area contributed by atoms with Gasteiger partial charge in [0, 0.05) is 21.3 Å². The molecule has 106 valence electrons. The molecule has 2 rings (SSSR count). The van der Waals surface area contributed by atoms with E-state index in [4.69, 9.17) is 0 Å². The van der Waals surface area contributed by atoms with Crippen LogP contribution in [0.5, 0.6) is 0 Å². The second kappa shape index (κ2) is 5.99. The monoisotopic (exact) mass is 426 g/mol. The number of alkyl halides is 3. The third-order valence-electron chi connectivity index (χ3n) is 2.56. The highest BCUT2D eigenvalue weighted by Crippen LogP contribution is 2.35. The number of Topliss-reactive ketones (excluding diaryl/α,β-unsaturated/α-hetero) is 1. The number of halogens is 5. The molecule has 0 spiro atoms. The van der Waals surface area contributed by atoms with Gasteiger partial charge in [-0.3, -0.25) is 4.79 Å². The van der Waals surface area contributed by atoms with Gasteiger partial charge in [0.1, 0.15) is 0 Å². The summed E-state index contributed by atoms with van der Waals surface area (Å²) in [6.45, 7) is 0. The molecule has 0 bridgehead atoms. The van der Waals surface area contributed by atoms with Crippen molar-refractivity contribution < 1.29 is 18.0 Å². The average Bonchev–Trinajstić information content (AvgIpc) is 2.73. The van der Waals surface area contributed by atoms with Gasteiger partial charge in [0.15, 0.2) is 5.78 Å². The van der Waals surface area contributed by atoms with E-state index >= 15 is 0 Å². The van der Waals surface area contributed by atoms with E-state index in [1.54, 1.807) is 12.1 Å². The first-order chi connectivity index (χ1) is 9.27. The minimum absolute atomic E-state index is 0.0602. The van der Waals surface area contributed by atoms with Crippen LogP contribution in [0.25, 0.3) is 0 Å².